The SMILES string of the molecule is C=C(c1cc(OC)c(OC)c(OC)c1)c1cnc(C)nc1N. The van der Waals surface area contributed by atoms with Gasteiger partial charge in [-0.05, 0) is 30.2 Å². The van der Waals surface area contributed by atoms with Gasteiger partial charge in [-0.2, -0.15) is 0 Å². The Labute approximate surface area is 129 Å². The second-order valence-corrected chi connectivity index (χ2v) is 4.61. The van der Waals surface area contributed by atoms with Crippen LogP contribution in [0, 0.1) is 6.92 Å². The molecule has 0 aliphatic rings. The zero-order valence-corrected chi connectivity index (χ0v) is 13.1. The van der Waals surface area contributed by atoms with Crippen molar-refractivity contribution in [2.75, 3.05) is 27.1 Å². The number of methoxy groups -OCH3 is 3. The number of aryl methyl sites for hydroxylation is 1. The molecule has 2 rings (SSSR count). The lowest BCUT2D eigenvalue weighted by molar-refractivity contribution is 0.324. The lowest BCUT2D eigenvalue weighted by Gasteiger charge is -2.15. The van der Waals surface area contributed by atoms with Crippen LogP contribution in [0.15, 0.2) is 24.9 Å². The number of anilines is 1. The summed E-state index contributed by atoms with van der Waals surface area (Å²) in [5.74, 6) is 2.61. The van der Waals surface area contributed by atoms with Crippen LogP contribution in [0.2, 0.25) is 0 Å². The summed E-state index contributed by atoms with van der Waals surface area (Å²) in [5.41, 5.74) is 8.09. The minimum absolute atomic E-state index is 0.381. The number of nitrogen functional groups attached to an aromatic ring is 1. The van der Waals surface area contributed by atoms with E-state index in [4.69, 9.17) is 19.9 Å². The van der Waals surface area contributed by atoms with Crippen LogP contribution in [0.25, 0.3) is 5.57 Å². The predicted octanol–water partition coefficient (Wildman–Crippen LogP) is 2.45. The second kappa shape index (κ2) is 6.34. The molecule has 0 aliphatic carbocycles. The zero-order chi connectivity index (χ0) is 16.3. The number of nitrogens with zero attached hydrogens (tertiary/aromatic N) is 2. The van der Waals surface area contributed by atoms with E-state index < -0.39 is 0 Å². The standard InChI is InChI=1S/C16H19N3O3/c1-9(12-8-18-10(2)19-16(12)17)11-6-13(20-3)15(22-5)14(7-11)21-4/h6-8H,1H2,2-5H3,(H2,17,18,19). The Morgan fingerprint density at radius 1 is 1.09 bits per heavy atom. The smallest absolute Gasteiger partial charge is 0.203 e. The topological polar surface area (TPSA) is 79.5 Å². The Morgan fingerprint density at radius 3 is 2.14 bits per heavy atom. The maximum absolute atomic E-state index is 5.96. The molecule has 0 saturated carbocycles. The normalized spacial score (nSPS) is 10.2. The maximum atomic E-state index is 5.96. The summed E-state index contributed by atoms with van der Waals surface area (Å²) in [7, 11) is 4.68. The van der Waals surface area contributed by atoms with E-state index in [0.29, 0.717) is 40.0 Å². The molecule has 0 aliphatic heterocycles. The van der Waals surface area contributed by atoms with Crippen LogP contribution in [0.4, 0.5) is 5.82 Å². The molecule has 22 heavy (non-hydrogen) atoms. The van der Waals surface area contributed by atoms with Gasteiger partial charge in [0.25, 0.3) is 0 Å². The molecular formula is C16H19N3O3. The molecule has 0 amide bonds. The van der Waals surface area contributed by atoms with Crippen LogP contribution >= 0.6 is 0 Å². The summed E-state index contributed by atoms with van der Waals surface area (Å²) in [4.78, 5) is 8.32. The number of hydrogen-bond donors (Lipinski definition) is 1. The van der Waals surface area contributed by atoms with Gasteiger partial charge in [-0.25, -0.2) is 9.97 Å². The quantitative estimate of drug-likeness (QED) is 0.913. The summed E-state index contributed by atoms with van der Waals surface area (Å²) in [6, 6.07) is 3.62. The number of rotatable bonds is 5. The van der Waals surface area contributed by atoms with Crippen LogP contribution in [0.3, 0.4) is 0 Å². The van der Waals surface area contributed by atoms with Crippen LogP contribution < -0.4 is 19.9 Å². The summed E-state index contributed by atoms with van der Waals surface area (Å²) in [6.45, 7) is 5.86. The molecule has 0 radical (unpaired) electrons. The van der Waals surface area contributed by atoms with E-state index in [1.807, 2.05) is 12.1 Å². The van der Waals surface area contributed by atoms with Crippen molar-refractivity contribution in [3.05, 3.63) is 41.9 Å². The zero-order valence-electron chi connectivity index (χ0n) is 13.1. The first-order valence-electron chi connectivity index (χ1n) is 6.60. The van der Waals surface area contributed by atoms with E-state index in [9.17, 15) is 0 Å². The highest BCUT2D eigenvalue weighted by atomic mass is 16.5. The molecule has 2 N–H and O–H groups in total. The highest BCUT2D eigenvalue weighted by Crippen LogP contribution is 2.41. The van der Waals surface area contributed by atoms with Crippen molar-refractivity contribution in [2.45, 2.75) is 6.92 Å². The van der Waals surface area contributed by atoms with Gasteiger partial charge in [0.1, 0.15) is 11.6 Å². The van der Waals surface area contributed by atoms with Gasteiger partial charge < -0.3 is 19.9 Å². The summed E-state index contributed by atoms with van der Waals surface area (Å²) in [6.07, 6.45) is 1.66. The van der Waals surface area contributed by atoms with Crippen LogP contribution in [0.1, 0.15) is 17.0 Å². The van der Waals surface area contributed by atoms with Crippen molar-refractivity contribution in [1.82, 2.24) is 9.97 Å². The van der Waals surface area contributed by atoms with Gasteiger partial charge in [0.2, 0.25) is 5.75 Å². The molecular weight excluding hydrogens is 282 g/mol. The van der Waals surface area contributed by atoms with Crippen molar-refractivity contribution in [3.63, 3.8) is 0 Å². The largest absolute Gasteiger partial charge is 0.493 e. The lowest BCUT2D eigenvalue weighted by Crippen LogP contribution is -2.02. The summed E-state index contributed by atoms with van der Waals surface area (Å²) >= 11 is 0. The summed E-state index contributed by atoms with van der Waals surface area (Å²) < 4.78 is 16.0. The highest BCUT2D eigenvalue weighted by molar-refractivity contribution is 5.84. The van der Waals surface area contributed by atoms with Crippen molar-refractivity contribution >= 4 is 11.4 Å². The molecule has 1 heterocycles. The molecule has 0 spiro atoms. The van der Waals surface area contributed by atoms with Gasteiger partial charge in [-0.3, -0.25) is 0 Å². The fourth-order valence-electron chi connectivity index (χ4n) is 2.13. The van der Waals surface area contributed by atoms with Crippen LogP contribution in [-0.4, -0.2) is 31.3 Å². The first-order valence-corrected chi connectivity index (χ1v) is 6.60. The van der Waals surface area contributed by atoms with Crippen molar-refractivity contribution in [1.29, 1.82) is 0 Å². The minimum atomic E-state index is 0.381. The monoisotopic (exact) mass is 301 g/mol. The Hall–Kier alpha value is -2.76. The maximum Gasteiger partial charge on any atom is 0.203 e. The molecule has 6 heteroatoms. The van der Waals surface area contributed by atoms with E-state index in [1.54, 1.807) is 34.4 Å². The molecule has 1 aromatic heterocycles. The molecule has 0 atom stereocenters. The molecule has 1 aromatic carbocycles. The van der Waals surface area contributed by atoms with Gasteiger partial charge >= 0.3 is 0 Å². The molecule has 6 nitrogen and oxygen atoms in total. The average Bonchev–Trinajstić information content (AvgIpc) is 2.52. The Morgan fingerprint density at radius 2 is 1.68 bits per heavy atom. The van der Waals surface area contributed by atoms with Crippen LogP contribution in [-0.2, 0) is 0 Å². The molecule has 0 fully saturated rings. The Bertz CT molecular complexity index is 689. The number of benzene rings is 1. The Kier molecular flexibility index (Phi) is 4.50. The third-order valence-corrected chi connectivity index (χ3v) is 3.28. The van der Waals surface area contributed by atoms with E-state index >= 15 is 0 Å². The van der Waals surface area contributed by atoms with Gasteiger partial charge in [0.05, 0.1) is 21.3 Å². The number of aromatic nitrogens is 2. The van der Waals surface area contributed by atoms with E-state index in [1.165, 1.54) is 0 Å². The second-order valence-electron chi connectivity index (χ2n) is 4.61. The molecule has 116 valence electrons. The van der Waals surface area contributed by atoms with E-state index in [0.717, 1.165) is 5.56 Å². The fourth-order valence-corrected chi connectivity index (χ4v) is 2.13. The molecule has 2 aromatic rings. The minimum Gasteiger partial charge on any atom is -0.493 e. The fraction of sp³-hybridized carbons (Fsp3) is 0.250. The van der Waals surface area contributed by atoms with Crippen molar-refractivity contribution in [2.24, 2.45) is 0 Å². The van der Waals surface area contributed by atoms with Gasteiger partial charge in [0.15, 0.2) is 11.5 Å². The van der Waals surface area contributed by atoms with Gasteiger partial charge in [-0.15, -0.1) is 0 Å². The van der Waals surface area contributed by atoms with Gasteiger partial charge in [0, 0.05) is 11.8 Å². The van der Waals surface area contributed by atoms with Crippen LogP contribution in [0.5, 0.6) is 17.2 Å². The first-order chi connectivity index (χ1) is 10.5. The predicted molar refractivity (Wildman–Crippen MR) is 85.4 cm³/mol. The first kappa shape index (κ1) is 15.6. The highest BCUT2D eigenvalue weighted by Gasteiger charge is 2.16. The van der Waals surface area contributed by atoms with Gasteiger partial charge in [-0.1, -0.05) is 6.58 Å². The van der Waals surface area contributed by atoms with E-state index in [2.05, 4.69) is 16.5 Å². The van der Waals surface area contributed by atoms with E-state index in [-0.39, 0.29) is 0 Å². The number of hydrogen-bond acceptors (Lipinski definition) is 6. The molecule has 0 bridgehead atoms. The Balaban J connectivity index is 2.54. The van der Waals surface area contributed by atoms with Crippen molar-refractivity contribution in [3.8, 4) is 17.2 Å². The molecule has 0 unspecified atom stereocenters. The third-order valence-electron chi connectivity index (χ3n) is 3.28. The lowest BCUT2D eigenvalue weighted by atomic mass is 10.00. The molecule has 0 saturated heterocycles. The third kappa shape index (κ3) is 2.81. The average molecular weight is 301 g/mol. The number of ether oxygens (including phenoxy) is 3. The van der Waals surface area contributed by atoms with Crippen molar-refractivity contribution < 1.29 is 14.2 Å². The number of nitrogens with two attached hydrogens (primary N) is 1. The summed E-state index contributed by atoms with van der Waals surface area (Å²) in [5, 5.41) is 0.